The smallest absolute Gasteiger partial charge is 0.221 e. The van der Waals surface area contributed by atoms with E-state index in [-0.39, 0.29) is 5.91 Å². The van der Waals surface area contributed by atoms with Gasteiger partial charge < -0.3 is 19.7 Å². The van der Waals surface area contributed by atoms with E-state index in [9.17, 15) is 4.79 Å². The van der Waals surface area contributed by atoms with Crippen molar-refractivity contribution in [2.45, 2.75) is 19.5 Å². The first-order valence-electron chi connectivity index (χ1n) is 10.2. The van der Waals surface area contributed by atoms with Crippen molar-refractivity contribution >= 4 is 17.5 Å². The average molecular weight is 432 g/mol. The van der Waals surface area contributed by atoms with Gasteiger partial charge in [-0.3, -0.25) is 9.69 Å². The number of ether oxygens (including phenoxy) is 2. The van der Waals surface area contributed by atoms with Crippen LogP contribution in [0.25, 0.3) is 0 Å². The largest absolute Gasteiger partial charge is 0.497 e. The monoisotopic (exact) mass is 431 g/mol. The Labute approximate surface area is 183 Å². The molecule has 0 radical (unpaired) electrons. The lowest BCUT2D eigenvalue weighted by atomic mass is 10.1. The number of benzene rings is 2. The molecule has 7 heteroatoms. The first kappa shape index (κ1) is 22.4. The van der Waals surface area contributed by atoms with Crippen molar-refractivity contribution in [1.82, 2.24) is 15.1 Å². The first-order chi connectivity index (χ1) is 14.6. The lowest BCUT2D eigenvalue weighted by Gasteiger charge is -2.34. The Kier molecular flexibility index (Phi) is 8.37. The van der Waals surface area contributed by atoms with Crippen LogP contribution in [0.5, 0.6) is 11.5 Å². The molecule has 1 aliphatic heterocycles. The molecule has 0 spiro atoms. The van der Waals surface area contributed by atoms with Crippen LogP contribution in [0.1, 0.15) is 17.5 Å². The Morgan fingerprint density at radius 3 is 2.43 bits per heavy atom. The highest BCUT2D eigenvalue weighted by Crippen LogP contribution is 2.25. The number of hydrogen-bond acceptors (Lipinski definition) is 5. The van der Waals surface area contributed by atoms with E-state index in [0.717, 1.165) is 61.9 Å². The summed E-state index contributed by atoms with van der Waals surface area (Å²) in [7, 11) is 3.37. The second-order valence-electron chi connectivity index (χ2n) is 7.41. The summed E-state index contributed by atoms with van der Waals surface area (Å²) in [5, 5.41) is 3.64. The molecule has 0 aliphatic carbocycles. The van der Waals surface area contributed by atoms with Gasteiger partial charge in [0.25, 0.3) is 0 Å². The number of piperazine rings is 1. The third-order valence-corrected chi connectivity index (χ3v) is 5.80. The van der Waals surface area contributed by atoms with Gasteiger partial charge in [-0.25, -0.2) is 0 Å². The van der Waals surface area contributed by atoms with E-state index >= 15 is 0 Å². The molecule has 1 N–H and O–H groups in total. The summed E-state index contributed by atoms with van der Waals surface area (Å²) in [6.07, 6.45) is 0.494. The van der Waals surface area contributed by atoms with Crippen molar-refractivity contribution in [3.05, 3.63) is 58.6 Å². The van der Waals surface area contributed by atoms with Gasteiger partial charge >= 0.3 is 0 Å². The second-order valence-corrected chi connectivity index (χ2v) is 7.82. The zero-order chi connectivity index (χ0) is 21.3. The van der Waals surface area contributed by atoms with Gasteiger partial charge in [0.1, 0.15) is 11.5 Å². The highest BCUT2D eigenvalue weighted by molar-refractivity contribution is 6.31. The van der Waals surface area contributed by atoms with E-state index in [0.29, 0.717) is 18.0 Å². The normalized spacial score (nSPS) is 15.0. The quantitative estimate of drug-likeness (QED) is 0.660. The third kappa shape index (κ3) is 6.36. The summed E-state index contributed by atoms with van der Waals surface area (Å²) < 4.78 is 10.8. The van der Waals surface area contributed by atoms with E-state index in [1.54, 1.807) is 14.2 Å². The standard InChI is InChI=1S/C23H30ClN3O3/c1-29-20-7-8-22(30-2)19(15-20)17-27-13-11-26(12-14-27)10-9-23(28)25-16-18-5-3-4-6-21(18)24/h3-8,15H,9-14,16-17H2,1-2H3,(H,25,28). The molecule has 2 aromatic rings. The molecular formula is C23H30ClN3O3. The third-order valence-electron chi connectivity index (χ3n) is 5.44. The molecule has 0 bridgehead atoms. The van der Waals surface area contributed by atoms with Crippen LogP contribution in [0.3, 0.4) is 0 Å². The number of carbonyl (C=O) groups excluding carboxylic acids is 1. The van der Waals surface area contributed by atoms with Crippen molar-refractivity contribution in [3.63, 3.8) is 0 Å². The minimum atomic E-state index is 0.0541. The fourth-order valence-corrected chi connectivity index (χ4v) is 3.80. The zero-order valence-electron chi connectivity index (χ0n) is 17.7. The molecule has 1 saturated heterocycles. The van der Waals surface area contributed by atoms with Crippen LogP contribution in [0.2, 0.25) is 5.02 Å². The van der Waals surface area contributed by atoms with Crippen molar-refractivity contribution in [2.24, 2.45) is 0 Å². The van der Waals surface area contributed by atoms with Gasteiger partial charge in [0.2, 0.25) is 5.91 Å². The van der Waals surface area contributed by atoms with Crippen LogP contribution in [0.4, 0.5) is 0 Å². The highest BCUT2D eigenvalue weighted by Gasteiger charge is 2.19. The van der Waals surface area contributed by atoms with Gasteiger partial charge in [0, 0.05) is 62.8 Å². The lowest BCUT2D eigenvalue weighted by molar-refractivity contribution is -0.121. The summed E-state index contributed by atoms with van der Waals surface area (Å²) in [6, 6.07) is 13.5. The molecule has 0 unspecified atom stereocenters. The number of nitrogens with one attached hydrogen (secondary N) is 1. The Bertz CT molecular complexity index is 838. The summed E-state index contributed by atoms with van der Waals surface area (Å²) in [6.45, 7) is 5.88. The summed E-state index contributed by atoms with van der Waals surface area (Å²) in [5.41, 5.74) is 2.07. The Hall–Kier alpha value is -2.28. The van der Waals surface area contributed by atoms with E-state index in [2.05, 4.69) is 15.1 Å². The molecule has 1 heterocycles. The summed E-state index contributed by atoms with van der Waals surface area (Å²) >= 11 is 6.14. The van der Waals surface area contributed by atoms with Gasteiger partial charge in [-0.1, -0.05) is 29.8 Å². The summed E-state index contributed by atoms with van der Waals surface area (Å²) in [4.78, 5) is 16.9. The molecule has 3 rings (SSSR count). The van der Waals surface area contributed by atoms with Crippen molar-refractivity contribution in [3.8, 4) is 11.5 Å². The van der Waals surface area contributed by atoms with Crippen LogP contribution in [-0.2, 0) is 17.9 Å². The number of amides is 1. The minimum absolute atomic E-state index is 0.0541. The number of hydrogen-bond donors (Lipinski definition) is 1. The van der Waals surface area contributed by atoms with E-state index in [1.807, 2.05) is 42.5 Å². The van der Waals surface area contributed by atoms with Crippen LogP contribution < -0.4 is 14.8 Å². The maximum absolute atomic E-state index is 12.2. The molecule has 162 valence electrons. The van der Waals surface area contributed by atoms with Crippen LogP contribution in [0, 0.1) is 0 Å². The number of nitrogens with zero attached hydrogens (tertiary/aromatic N) is 2. The van der Waals surface area contributed by atoms with E-state index in [1.165, 1.54) is 0 Å². The molecule has 1 amide bonds. The Morgan fingerprint density at radius 2 is 1.73 bits per heavy atom. The first-order valence-corrected chi connectivity index (χ1v) is 10.6. The molecule has 1 aliphatic rings. The molecule has 2 aromatic carbocycles. The fraction of sp³-hybridized carbons (Fsp3) is 0.435. The molecule has 0 aromatic heterocycles. The number of methoxy groups -OCH3 is 2. The van der Waals surface area contributed by atoms with Gasteiger partial charge in [0.05, 0.1) is 14.2 Å². The molecule has 30 heavy (non-hydrogen) atoms. The maximum atomic E-state index is 12.2. The van der Waals surface area contributed by atoms with E-state index in [4.69, 9.17) is 21.1 Å². The SMILES string of the molecule is COc1ccc(OC)c(CN2CCN(CCC(=O)NCc3ccccc3Cl)CC2)c1. The topological polar surface area (TPSA) is 54.0 Å². The Balaban J connectivity index is 1.39. The van der Waals surface area contributed by atoms with Gasteiger partial charge in [-0.15, -0.1) is 0 Å². The molecular weight excluding hydrogens is 402 g/mol. The van der Waals surface area contributed by atoms with Gasteiger partial charge in [-0.05, 0) is 29.8 Å². The number of carbonyl (C=O) groups is 1. The summed E-state index contributed by atoms with van der Waals surface area (Å²) in [5.74, 6) is 1.78. The molecule has 1 fully saturated rings. The fourth-order valence-electron chi connectivity index (χ4n) is 3.60. The predicted molar refractivity (Wildman–Crippen MR) is 119 cm³/mol. The van der Waals surface area contributed by atoms with Gasteiger partial charge in [-0.2, -0.15) is 0 Å². The van der Waals surface area contributed by atoms with Crippen molar-refractivity contribution in [2.75, 3.05) is 46.9 Å². The Morgan fingerprint density at radius 1 is 1.00 bits per heavy atom. The highest BCUT2D eigenvalue weighted by atomic mass is 35.5. The van der Waals surface area contributed by atoms with Crippen molar-refractivity contribution in [1.29, 1.82) is 0 Å². The molecule has 6 nitrogen and oxygen atoms in total. The number of halogens is 1. The molecule has 0 saturated carbocycles. The van der Waals surface area contributed by atoms with Crippen molar-refractivity contribution < 1.29 is 14.3 Å². The second kappa shape index (κ2) is 11.2. The molecule has 0 atom stereocenters. The van der Waals surface area contributed by atoms with Crippen LogP contribution in [0.15, 0.2) is 42.5 Å². The van der Waals surface area contributed by atoms with Crippen LogP contribution >= 0.6 is 11.6 Å². The van der Waals surface area contributed by atoms with Crippen LogP contribution in [-0.4, -0.2) is 62.7 Å². The lowest BCUT2D eigenvalue weighted by Crippen LogP contribution is -2.46. The zero-order valence-corrected chi connectivity index (χ0v) is 18.5. The average Bonchev–Trinajstić information content (AvgIpc) is 2.78. The predicted octanol–water partition coefficient (Wildman–Crippen LogP) is 3.18. The minimum Gasteiger partial charge on any atom is -0.497 e. The van der Waals surface area contributed by atoms with E-state index < -0.39 is 0 Å². The van der Waals surface area contributed by atoms with Gasteiger partial charge in [0.15, 0.2) is 0 Å². The number of rotatable bonds is 9. The maximum Gasteiger partial charge on any atom is 0.221 e.